The zero-order chi connectivity index (χ0) is 13.0. The van der Waals surface area contributed by atoms with Crippen LogP contribution in [0.3, 0.4) is 0 Å². The second kappa shape index (κ2) is 5.67. The summed E-state index contributed by atoms with van der Waals surface area (Å²) < 4.78 is 5.33. The van der Waals surface area contributed by atoms with Crippen molar-refractivity contribution in [2.24, 2.45) is 0 Å². The molecule has 0 fully saturated rings. The van der Waals surface area contributed by atoms with E-state index in [4.69, 9.17) is 4.74 Å². The van der Waals surface area contributed by atoms with Gasteiger partial charge in [-0.2, -0.15) is 0 Å². The van der Waals surface area contributed by atoms with Crippen LogP contribution in [0.2, 0.25) is 0 Å². The third-order valence-electron chi connectivity index (χ3n) is 2.68. The van der Waals surface area contributed by atoms with Gasteiger partial charge < -0.3 is 4.74 Å². The Hall–Kier alpha value is -1.57. The number of methoxy groups -OCH3 is 1. The largest absolute Gasteiger partial charge is 0.494 e. The lowest BCUT2D eigenvalue weighted by atomic mass is 10.0. The highest BCUT2D eigenvalue weighted by Gasteiger charge is 2.08. The SMILES string of the molecule is CC.COc1ccc(C)c2c(C)cc(C)nc12. The zero-order valence-electron chi connectivity index (χ0n) is 11.6. The fourth-order valence-electron chi connectivity index (χ4n) is 2.04. The molecular weight excluding hydrogens is 210 g/mol. The number of benzene rings is 1. The van der Waals surface area contributed by atoms with Gasteiger partial charge >= 0.3 is 0 Å². The van der Waals surface area contributed by atoms with Gasteiger partial charge in [0.2, 0.25) is 0 Å². The molecule has 0 saturated heterocycles. The number of hydrogen-bond donors (Lipinski definition) is 0. The van der Waals surface area contributed by atoms with Crippen molar-refractivity contribution in [1.29, 1.82) is 0 Å². The summed E-state index contributed by atoms with van der Waals surface area (Å²) in [5.74, 6) is 0.849. The van der Waals surface area contributed by atoms with Crippen LogP contribution in [0, 0.1) is 20.8 Å². The molecule has 1 aromatic heterocycles. The Morgan fingerprint density at radius 2 is 1.65 bits per heavy atom. The average Bonchev–Trinajstić information content (AvgIpc) is 2.31. The van der Waals surface area contributed by atoms with E-state index in [9.17, 15) is 0 Å². The lowest BCUT2D eigenvalue weighted by Gasteiger charge is -2.10. The molecule has 0 bridgehead atoms. The van der Waals surface area contributed by atoms with Crippen LogP contribution in [0.1, 0.15) is 30.7 Å². The van der Waals surface area contributed by atoms with E-state index in [-0.39, 0.29) is 0 Å². The molecule has 0 N–H and O–H groups in total. The van der Waals surface area contributed by atoms with Crippen LogP contribution in [-0.2, 0) is 0 Å². The maximum absolute atomic E-state index is 5.33. The van der Waals surface area contributed by atoms with E-state index in [1.54, 1.807) is 7.11 Å². The van der Waals surface area contributed by atoms with Crippen molar-refractivity contribution >= 4 is 10.9 Å². The van der Waals surface area contributed by atoms with Crippen molar-refractivity contribution in [2.45, 2.75) is 34.6 Å². The molecule has 0 aliphatic heterocycles. The quantitative estimate of drug-likeness (QED) is 0.734. The Kier molecular flexibility index (Phi) is 4.50. The molecular formula is C15H21NO. The van der Waals surface area contributed by atoms with Crippen molar-refractivity contribution in [3.05, 3.63) is 35.0 Å². The lowest BCUT2D eigenvalue weighted by molar-refractivity contribution is 0.418. The predicted molar refractivity (Wildman–Crippen MR) is 73.9 cm³/mol. The van der Waals surface area contributed by atoms with Crippen LogP contribution in [0.5, 0.6) is 5.75 Å². The second-order valence-corrected chi connectivity index (χ2v) is 3.89. The molecule has 2 rings (SSSR count). The van der Waals surface area contributed by atoms with Gasteiger partial charge in [0.1, 0.15) is 11.3 Å². The van der Waals surface area contributed by atoms with Crippen molar-refractivity contribution in [3.8, 4) is 5.75 Å². The van der Waals surface area contributed by atoms with Gasteiger partial charge in [-0.3, -0.25) is 0 Å². The predicted octanol–water partition coefficient (Wildman–Crippen LogP) is 4.19. The maximum Gasteiger partial charge on any atom is 0.145 e. The van der Waals surface area contributed by atoms with Crippen molar-refractivity contribution in [1.82, 2.24) is 4.98 Å². The first-order valence-corrected chi connectivity index (χ1v) is 6.05. The van der Waals surface area contributed by atoms with E-state index in [1.807, 2.05) is 26.8 Å². The minimum absolute atomic E-state index is 0.849. The third kappa shape index (κ3) is 2.57. The molecule has 1 aromatic carbocycles. The molecule has 17 heavy (non-hydrogen) atoms. The van der Waals surface area contributed by atoms with Gasteiger partial charge in [-0.1, -0.05) is 19.9 Å². The lowest BCUT2D eigenvalue weighted by Crippen LogP contribution is -1.93. The van der Waals surface area contributed by atoms with Gasteiger partial charge in [-0.25, -0.2) is 4.98 Å². The van der Waals surface area contributed by atoms with Crippen molar-refractivity contribution < 1.29 is 4.74 Å². The number of fused-ring (bicyclic) bond motifs is 1. The minimum atomic E-state index is 0.849. The van der Waals surface area contributed by atoms with Crippen LogP contribution in [0.25, 0.3) is 10.9 Å². The molecule has 0 atom stereocenters. The molecule has 2 aromatic rings. The normalized spacial score (nSPS) is 9.76. The van der Waals surface area contributed by atoms with Gasteiger partial charge in [0.15, 0.2) is 0 Å². The zero-order valence-corrected chi connectivity index (χ0v) is 11.6. The first-order valence-electron chi connectivity index (χ1n) is 6.05. The standard InChI is InChI=1S/C13H15NO.C2H6/c1-8-5-6-11(15-4)13-12(8)9(2)7-10(3)14-13;1-2/h5-7H,1-4H3;1-2H3. The Bertz CT molecular complexity index is 518. The van der Waals surface area contributed by atoms with Crippen molar-refractivity contribution in [3.63, 3.8) is 0 Å². The monoisotopic (exact) mass is 231 g/mol. The van der Waals surface area contributed by atoms with Crippen LogP contribution in [-0.4, -0.2) is 12.1 Å². The maximum atomic E-state index is 5.33. The number of ether oxygens (including phenoxy) is 1. The topological polar surface area (TPSA) is 22.1 Å². The molecule has 2 heteroatoms. The van der Waals surface area contributed by atoms with E-state index < -0.39 is 0 Å². The molecule has 92 valence electrons. The van der Waals surface area contributed by atoms with Gasteiger partial charge in [0.05, 0.1) is 7.11 Å². The third-order valence-corrected chi connectivity index (χ3v) is 2.68. The molecule has 0 unspecified atom stereocenters. The number of hydrogen-bond acceptors (Lipinski definition) is 2. The summed E-state index contributed by atoms with van der Waals surface area (Å²) in [6, 6.07) is 6.16. The molecule has 0 spiro atoms. The molecule has 0 aliphatic rings. The van der Waals surface area contributed by atoms with Crippen LogP contribution >= 0.6 is 0 Å². The Morgan fingerprint density at radius 3 is 2.24 bits per heavy atom. The van der Waals surface area contributed by atoms with Gasteiger partial charge in [0.25, 0.3) is 0 Å². The summed E-state index contributed by atoms with van der Waals surface area (Å²) in [5, 5.41) is 1.21. The molecule has 0 aliphatic carbocycles. The number of rotatable bonds is 1. The molecule has 2 nitrogen and oxygen atoms in total. The summed E-state index contributed by atoms with van der Waals surface area (Å²) in [6.07, 6.45) is 0. The Morgan fingerprint density at radius 1 is 1.00 bits per heavy atom. The molecule has 0 radical (unpaired) electrons. The van der Waals surface area contributed by atoms with Gasteiger partial charge in [0, 0.05) is 11.1 Å². The first kappa shape index (κ1) is 13.5. The fraction of sp³-hybridized carbons (Fsp3) is 0.400. The Labute approximate surface area is 104 Å². The Balaban J connectivity index is 0.000000686. The number of pyridine rings is 1. The first-order chi connectivity index (χ1) is 8.13. The van der Waals surface area contributed by atoms with Crippen LogP contribution < -0.4 is 4.74 Å². The van der Waals surface area contributed by atoms with E-state index in [1.165, 1.54) is 16.5 Å². The highest BCUT2D eigenvalue weighted by molar-refractivity contribution is 5.90. The molecule has 1 heterocycles. The minimum Gasteiger partial charge on any atom is -0.494 e. The highest BCUT2D eigenvalue weighted by Crippen LogP contribution is 2.29. The molecule has 0 saturated carbocycles. The van der Waals surface area contributed by atoms with Crippen LogP contribution in [0.15, 0.2) is 18.2 Å². The van der Waals surface area contributed by atoms with Crippen LogP contribution in [0.4, 0.5) is 0 Å². The molecule has 0 amide bonds. The summed E-state index contributed by atoms with van der Waals surface area (Å²) in [7, 11) is 1.68. The summed E-state index contributed by atoms with van der Waals surface area (Å²) in [4.78, 5) is 4.54. The second-order valence-electron chi connectivity index (χ2n) is 3.89. The smallest absolute Gasteiger partial charge is 0.145 e. The van der Waals surface area contributed by atoms with E-state index in [2.05, 4.69) is 31.0 Å². The average molecular weight is 231 g/mol. The summed E-state index contributed by atoms with van der Waals surface area (Å²) in [5.41, 5.74) is 4.50. The number of aryl methyl sites for hydroxylation is 3. The fourth-order valence-corrected chi connectivity index (χ4v) is 2.04. The summed E-state index contributed by atoms with van der Waals surface area (Å²) >= 11 is 0. The van der Waals surface area contributed by atoms with E-state index in [0.717, 1.165) is 17.0 Å². The van der Waals surface area contributed by atoms with E-state index >= 15 is 0 Å². The van der Waals surface area contributed by atoms with E-state index in [0.29, 0.717) is 0 Å². The van der Waals surface area contributed by atoms with Gasteiger partial charge in [-0.15, -0.1) is 0 Å². The summed E-state index contributed by atoms with van der Waals surface area (Å²) in [6.45, 7) is 10.2. The number of nitrogens with zero attached hydrogens (tertiary/aromatic N) is 1. The van der Waals surface area contributed by atoms with Gasteiger partial charge in [-0.05, 0) is 44.0 Å². The number of aromatic nitrogens is 1. The van der Waals surface area contributed by atoms with Crippen molar-refractivity contribution in [2.75, 3.05) is 7.11 Å². The highest BCUT2D eigenvalue weighted by atomic mass is 16.5.